The van der Waals surface area contributed by atoms with Gasteiger partial charge >= 0.3 is 0 Å². The fourth-order valence-electron chi connectivity index (χ4n) is 3.13. The number of allylic oxidation sites excluding steroid dienone is 1. The van der Waals surface area contributed by atoms with Crippen molar-refractivity contribution in [2.75, 3.05) is 6.67 Å². The van der Waals surface area contributed by atoms with Gasteiger partial charge in [0.25, 0.3) is 0 Å². The number of rotatable bonds is 8. The van der Waals surface area contributed by atoms with Crippen molar-refractivity contribution in [3.05, 3.63) is 81.0 Å². The summed E-state index contributed by atoms with van der Waals surface area (Å²) in [5.41, 5.74) is 7.42. The molecule has 0 bridgehead atoms. The Balaban J connectivity index is 2.54. The van der Waals surface area contributed by atoms with Crippen molar-refractivity contribution < 1.29 is 9.18 Å². The SMILES string of the molecule is CCCCC(=C=C(CCF)c1ccccc1Br)C(=O)c1ccc(C(C)(C)C)cc1. The van der Waals surface area contributed by atoms with Crippen LogP contribution in [0.25, 0.3) is 5.57 Å². The Kier molecular flexibility index (Phi) is 8.61. The summed E-state index contributed by atoms with van der Waals surface area (Å²) in [6, 6.07) is 15.5. The van der Waals surface area contributed by atoms with Gasteiger partial charge in [-0.05, 0) is 35.4 Å². The van der Waals surface area contributed by atoms with E-state index in [1.165, 1.54) is 5.56 Å². The number of unbranched alkanes of at least 4 members (excludes halogenated alkanes) is 1. The third-order valence-electron chi connectivity index (χ3n) is 4.91. The van der Waals surface area contributed by atoms with E-state index in [1.54, 1.807) is 0 Å². The number of hydrogen-bond donors (Lipinski definition) is 0. The van der Waals surface area contributed by atoms with Gasteiger partial charge in [-0.2, -0.15) is 0 Å². The number of Topliss-reactive ketones (excluding diaryl/α,β-unsaturated/α-hetero) is 1. The Hall–Kier alpha value is -1.96. The summed E-state index contributed by atoms with van der Waals surface area (Å²) in [7, 11) is 0. The predicted molar refractivity (Wildman–Crippen MR) is 124 cm³/mol. The minimum absolute atomic E-state index is 0.0256. The van der Waals surface area contributed by atoms with E-state index in [-0.39, 0.29) is 17.6 Å². The lowest BCUT2D eigenvalue weighted by Gasteiger charge is -2.19. The third kappa shape index (κ3) is 6.52. The van der Waals surface area contributed by atoms with Crippen LogP contribution in [0.15, 0.2) is 64.3 Å². The molecule has 0 aliphatic carbocycles. The minimum Gasteiger partial charge on any atom is -0.288 e. The second kappa shape index (κ2) is 10.7. The zero-order chi connectivity index (χ0) is 21.4. The molecular weight excluding hydrogens is 427 g/mol. The minimum atomic E-state index is -0.487. The first kappa shape index (κ1) is 23.3. The lowest BCUT2D eigenvalue weighted by molar-refractivity contribution is 0.103. The van der Waals surface area contributed by atoms with Gasteiger partial charge in [0.1, 0.15) is 0 Å². The Morgan fingerprint density at radius 2 is 1.69 bits per heavy atom. The first-order valence-electron chi connectivity index (χ1n) is 10.2. The molecule has 0 aromatic heterocycles. The summed E-state index contributed by atoms with van der Waals surface area (Å²) in [4.78, 5) is 13.2. The molecule has 0 spiro atoms. The van der Waals surface area contributed by atoms with Crippen LogP contribution >= 0.6 is 15.9 Å². The summed E-state index contributed by atoms with van der Waals surface area (Å²) in [6.07, 6.45) is 2.74. The third-order valence-corrected chi connectivity index (χ3v) is 5.60. The molecule has 2 rings (SSSR count). The number of ketones is 1. The van der Waals surface area contributed by atoms with E-state index < -0.39 is 6.67 Å². The molecule has 0 aliphatic heterocycles. The topological polar surface area (TPSA) is 17.1 Å². The van der Waals surface area contributed by atoms with Gasteiger partial charge in [-0.3, -0.25) is 9.18 Å². The summed E-state index contributed by atoms with van der Waals surface area (Å²) < 4.78 is 14.2. The van der Waals surface area contributed by atoms with Crippen LogP contribution in [0, 0.1) is 0 Å². The fraction of sp³-hybridized carbons (Fsp3) is 0.385. The number of hydrogen-bond acceptors (Lipinski definition) is 1. The van der Waals surface area contributed by atoms with Crippen molar-refractivity contribution in [3.63, 3.8) is 0 Å². The maximum atomic E-state index is 13.3. The summed E-state index contributed by atoms with van der Waals surface area (Å²) in [5.74, 6) is -0.0256. The fourth-order valence-corrected chi connectivity index (χ4v) is 3.65. The Labute approximate surface area is 182 Å². The molecular formula is C26H30BrFO. The van der Waals surface area contributed by atoms with Crippen LogP contribution in [0.1, 0.15) is 74.9 Å². The zero-order valence-electron chi connectivity index (χ0n) is 17.8. The number of halogens is 2. The highest BCUT2D eigenvalue weighted by molar-refractivity contribution is 9.10. The quantitative estimate of drug-likeness (QED) is 0.222. The standard InChI is InChI=1S/C26H30BrFO/c1-5-6-9-21(18-20(16-17-28)23-10-7-8-11-24(23)27)25(29)19-12-14-22(15-13-19)26(2,3)4/h7-8,10-15H,5-6,9,16-17H2,1-4H3. The summed E-state index contributed by atoms with van der Waals surface area (Å²) in [6.45, 7) is 8.07. The predicted octanol–water partition coefficient (Wildman–Crippen LogP) is 8.09. The van der Waals surface area contributed by atoms with Gasteiger partial charge in [-0.15, -0.1) is 5.73 Å². The highest BCUT2D eigenvalue weighted by atomic mass is 79.9. The molecule has 0 heterocycles. The van der Waals surface area contributed by atoms with E-state index in [4.69, 9.17) is 0 Å². The molecule has 2 aromatic carbocycles. The van der Waals surface area contributed by atoms with E-state index in [0.717, 1.165) is 28.5 Å². The van der Waals surface area contributed by atoms with Crippen molar-refractivity contribution in [2.45, 2.75) is 58.8 Å². The molecule has 1 nitrogen and oxygen atoms in total. The van der Waals surface area contributed by atoms with E-state index in [1.807, 2.05) is 48.5 Å². The van der Waals surface area contributed by atoms with Crippen molar-refractivity contribution in [3.8, 4) is 0 Å². The number of carbonyl (C=O) groups is 1. The Bertz CT molecular complexity index is 897. The van der Waals surface area contributed by atoms with Gasteiger partial charge in [0.2, 0.25) is 0 Å². The normalized spacial score (nSPS) is 11.1. The van der Waals surface area contributed by atoms with Gasteiger partial charge in [-0.25, -0.2) is 0 Å². The van der Waals surface area contributed by atoms with Gasteiger partial charge in [-0.1, -0.05) is 92.5 Å². The van der Waals surface area contributed by atoms with E-state index in [9.17, 15) is 9.18 Å². The number of alkyl halides is 1. The smallest absolute Gasteiger partial charge is 0.196 e. The van der Waals surface area contributed by atoms with E-state index >= 15 is 0 Å². The van der Waals surface area contributed by atoms with Gasteiger partial charge < -0.3 is 0 Å². The van der Waals surface area contributed by atoms with Gasteiger partial charge in [0.15, 0.2) is 5.78 Å². The second-order valence-electron chi connectivity index (χ2n) is 8.26. The average Bonchev–Trinajstić information content (AvgIpc) is 2.70. The van der Waals surface area contributed by atoms with Crippen LogP contribution in [0.3, 0.4) is 0 Å². The number of benzene rings is 2. The molecule has 0 fully saturated rings. The number of carbonyl (C=O) groups excluding carboxylic acids is 1. The first-order valence-corrected chi connectivity index (χ1v) is 11.0. The van der Waals surface area contributed by atoms with Crippen molar-refractivity contribution in [1.82, 2.24) is 0 Å². The summed E-state index contributed by atoms with van der Waals surface area (Å²) in [5, 5.41) is 0. The molecule has 0 saturated heterocycles. The van der Waals surface area contributed by atoms with Crippen LogP contribution in [-0.2, 0) is 5.41 Å². The van der Waals surface area contributed by atoms with E-state index in [2.05, 4.69) is 49.4 Å². The molecule has 154 valence electrons. The lowest BCUT2D eigenvalue weighted by atomic mass is 9.86. The molecule has 0 N–H and O–H groups in total. The Morgan fingerprint density at radius 3 is 2.24 bits per heavy atom. The van der Waals surface area contributed by atoms with Crippen LogP contribution in [-0.4, -0.2) is 12.5 Å². The van der Waals surface area contributed by atoms with Gasteiger partial charge in [0.05, 0.1) is 6.67 Å². The van der Waals surface area contributed by atoms with Crippen LogP contribution in [0.2, 0.25) is 0 Å². The molecule has 3 heteroatoms. The largest absolute Gasteiger partial charge is 0.288 e. The molecule has 0 aliphatic rings. The lowest BCUT2D eigenvalue weighted by Crippen LogP contribution is -2.11. The molecule has 0 amide bonds. The van der Waals surface area contributed by atoms with Crippen LogP contribution in [0.4, 0.5) is 4.39 Å². The maximum absolute atomic E-state index is 13.3. The monoisotopic (exact) mass is 456 g/mol. The summed E-state index contributed by atoms with van der Waals surface area (Å²) >= 11 is 3.54. The molecule has 0 saturated carbocycles. The maximum Gasteiger partial charge on any atom is 0.196 e. The Morgan fingerprint density at radius 1 is 1.03 bits per heavy atom. The van der Waals surface area contributed by atoms with Crippen LogP contribution in [0.5, 0.6) is 0 Å². The van der Waals surface area contributed by atoms with Crippen LogP contribution < -0.4 is 0 Å². The highest BCUT2D eigenvalue weighted by Gasteiger charge is 2.17. The molecule has 0 radical (unpaired) electrons. The second-order valence-corrected chi connectivity index (χ2v) is 9.12. The van der Waals surface area contributed by atoms with Crippen molar-refractivity contribution >= 4 is 27.3 Å². The van der Waals surface area contributed by atoms with Gasteiger partial charge in [0, 0.05) is 27.6 Å². The van der Waals surface area contributed by atoms with Crippen molar-refractivity contribution in [1.29, 1.82) is 0 Å². The average molecular weight is 457 g/mol. The molecule has 0 atom stereocenters. The molecule has 29 heavy (non-hydrogen) atoms. The molecule has 0 unspecified atom stereocenters. The van der Waals surface area contributed by atoms with E-state index in [0.29, 0.717) is 17.6 Å². The highest BCUT2D eigenvalue weighted by Crippen LogP contribution is 2.28. The van der Waals surface area contributed by atoms with Crippen molar-refractivity contribution in [2.24, 2.45) is 0 Å². The first-order chi connectivity index (χ1) is 13.8. The molecule has 2 aromatic rings. The zero-order valence-corrected chi connectivity index (χ0v) is 19.4.